The monoisotopic (exact) mass is 178 g/mol. The van der Waals surface area contributed by atoms with E-state index < -0.39 is 0 Å². The molecule has 0 radical (unpaired) electrons. The second-order valence-electron chi connectivity index (χ2n) is 2.39. The number of aldehydes is 1. The Kier molecular flexibility index (Phi) is 3.09. The summed E-state index contributed by atoms with van der Waals surface area (Å²) in [6.07, 6.45) is 1.88. The highest BCUT2D eigenvalue weighted by Gasteiger charge is 2.05. The van der Waals surface area contributed by atoms with Crippen molar-refractivity contribution in [1.82, 2.24) is 0 Å². The number of benzene rings is 1. The van der Waals surface area contributed by atoms with E-state index >= 15 is 0 Å². The number of ether oxygens (including phenoxy) is 1. The molecule has 0 saturated heterocycles. The van der Waals surface area contributed by atoms with Gasteiger partial charge in [-0.25, -0.2) is 0 Å². The fraction of sp³-hybridized carbons (Fsp3) is 0.100. The molecular weight excluding hydrogens is 168 g/mol. The first-order valence-electron chi connectivity index (χ1n) is 3.77. The molecule has 0 heterocycles. The number of rotatable bonds is 3. The van der Waals surface area contributed by atoms with Crippen molar-refractivity contribution in [2.24, 2.45) is 0 Å². The van der Waals surface area contributed by atoms with Gasteiger partial charge < -0.3 is 9.84 Å². The number of carbonyl (C=O) groups excluding carboxylic acids is 1. The molecule has 3 heteroatoms. The number of phenols is 1. The number of aromatic hydroxyl groups is 1. The van der Waals surface area contributed by atoms with Gasteiger partial charge >= 0.3 is 0 Å². The molecule has 0 amide bonds. The summed E-state index contributed by atoms with van der Waals surface area (Å²) >= 11 is 0. The highest BCUT2D eigenvalue weighted by atomic mass is 16.5. The maximum Gasteiger partial charge on any atom is 0.146 e. The van der Waals surface area contributed by atoms with Crippen molar-refractivity contribution in [3.05, 3.63) is 35.9 Å². The molecule has 0 saturated carbocycles. The Morgan fingerprint density at radius 3 is 2.69 bits per heavy atom. The van der Waals surface area contributed by atoms with E-state index in [1.54, 1.807) is 18.2 Å². The minimum atomic E-state index is 0.0949. The lowest BCUT2D eigenvalue weighted by atomic mass is 10.1. The minimum Gasteiger partial charge on any atom is -0.507 e. The number of phenolic OH excluding ortho intramolecular Hbond substituents is 1. The minimum absolute atomic E-state index is 0.0949. The summed E-state index contributed by atoms with van der Waals surface area (Å²) in [4.78, 5) is 10.2. The van der Waals surface area contributed by atoms with Crippen LogP contribution in [0.5, 0.6) is 5.75 Å². The van der Waals surface area contributed by atoms with Gasteiger partial charge in [0.25, 0.3) is 0 Å². The molecule has 0 bridgehead atoms. The maximum absolute atomic E-state index is 10.2. The normalized spacial score (nSPS) is 11.0. The Hall–Kier alpha value is -1.77. The van der Waals surface area contributed by atoms with Gasteiger partial charge in [0, 0.05) is 6.08 Å². The molecule has 0 spiro atoms. The molecule has 68 valence electrons. The third-order valence-electron chi connectivity index (χ3n) is 1.61. The van der Waals surface area contributed by atoms with Gasteiger partial charge in [-0.05, 0) is 12.1 Å². The van der Waals surface area contributed by atoms with Crippen LogP contribution in [-0.4, -0.2) is 18.5 Å². The molecule has 0 aromatic heterocycles. The van der Waals surface area contributed by atoms with Crippen LogP contribution in [0.2, 0.25) is 0 Å². The zero-order valence-electron chi connectivity index (χ0n) is 7.23. The Labute approximate surface area is 76.3 Å². The molecule has 0 atom stereocenters. The average Bonchev–Trinajstić information content (AvgIpc) is 2.16. The summed E-state index contributed by atoms with van der Waals surface area (Å²) < 4.78 is 4.93. The predicted molar refractivity (Wildman–Crippen MR) is 49.2 cm³/mol. The van der Waals surface area contributed by atoms with Crippen molar-refractivity contribution in [3.8, 4) is 5.75 Å². The first kappa shape index (κ1) is 9.32. The number of carbonyl (C=O) groups is 1. The molecule has 0 aliphatic heterocycles. The summed E-state index contributed by atoms with van der Waals surface area (Å²) in [5, 5.41) is 9.40. The van der Waals surface area contributed by atoms with Gasteiger partial charge in [0.1, 0.15) is 17.8 Å². The second kappa shape index (κ2) is 4.30. The average molecular weight is 178 g/mol. The smallest absolute Gasteiger partial charge is 0.146 e. The van der Waals surface area contributed by atoms with Gasteiger partial charge in [0.2, 0.25) is 0 Å². The molecule has 1 N–H and O–H groups in total. The third-order valence-corrected chi connectivity index (χ3v) is 1.61. The standard InChI is InChI=1S/C10H10O3/c1-13-10(6-7-11)8-4-2-3-5-9(8)12/h2-7,12H,1H3/b10-6+. The van der Waals surface area contributed by atoms with Crippen molar-refractivity contribution in [2.75, 3.05) is 7.11 Å². The van der Waals surface area contributed by atoms with Crippen molar-refractivity contribution in [3.63, 3.8) is 0 Å². The lowest BCUT2D eigenvalue weighted by Crippen LogP contribution is -1.88. The Morgan fingerprint density at radius 2 is 2.15 bits per heavy atom. The quantitative estimate of drug-likeness (QED) is 0.434. The zero-order chi connectivity index (χ0) is 9.68. The van der Waals surface area contributed by atoms with Crippen molar-refractivity contribution in [2.45, 2.75) is 0 Å². The Balaban J connectivity index is 3.12. The largest absolute Gasteiger partial charge is 0.507 e. The van der Waals surface area contributed by atoms with Crippen molar-refractivity contribution < 1.29 is 14.6 Å². The molecule has 1 aromatic rings. The van der Waals surface area contributed by atoms with E-state index in [2.05, 4.69) is 0 Å². The van der Waals surface area contributed by atoms with Crippen LogP contribution in [0.1, 0.15) is 5.56 Å². The van der Waals surface area contributed by atoms with E-state index in [0.29, 0.717) is 17.6 Å². The van der Waals surface area contributed by atoms with Crippen molar-refractivity contribution in [1.29, 1.82) is 0 Å². The summed E-state index contributed by atoms with van der Waals surface area (Å²) in [6.45, 7) is 0. The molecule has 0 aliphatic carbocycles. The summed E-state index contributed by atoms with van der Waals surface area (Å²) in [5.74, 6) is 0.450. The van der Waals surface area contributed by atoms with Crippen molar-refractivity contribution >= 4 is 12.0 Å². The first-order chi connectivity index (χ1) is 6.29. The molecule has 0 fully saturated rings. The topological polar surface area (TPSA) is 46.5 Å². The third kappa shape index (κ3) is 2.08. The van der Waals surface area contributed by atoms with E-state index in [-0.39, 0.29) is 5.75 Å². The van der Waals surface area contributed by atoms with Crippen LogP contribution in [0.4, 0.5) is 0 Å². The first-order valence-corrected chi connectivity index (χ1v) is 3.77. The van der Waals surface area contributed by atoms with Gasteiger partial charge in [0.15, 0.2) is 0 Å². The fourth-order valence-corrected chi connectivity index (χ4v) is 1.01. The van der Waals surface area contributed by atoms with Crippen LogP contribution >= 0.6 is 0 Å². The number of hydrogen-bond donors (Lipinski definition) is 1. The molecular formula is C10H10O3. The summed E-state index contributed by atoms with van der Waals surface area (Å²) in [7, 11) is 1.45. The molecule has 1 aromatic carbocycles. The fourth-order valence-electron chi connectivity index (χ4n) is 1.01. The SMILES string of the molecule is CO/C(=C/C=O)c1ccccc1O. The van der Waals surface area contributed by atoms with Gasteiger partial charge in [-0.15, -0.1) is 0 Å². The Bertz CT molecular complexity index is 329. The molecule has 3 nitrogen and oxygen atoms in total. The lowest BCUT2D eigenvalue weighted by Gasteiger charge is -2.06. The number of hydrogen-bond acceptors (Lipinski definition) is 3. The number of allylic oxidation sites excluding steroid dienone is 1. The molecule has 1 rings (SSSR count). The highest BCUT2D eigenvalue weighted by molar-refractivity contribution is 5.80. The van der Waals surface area contributed by atoms with E-state index in [1.807, 2.05) is 0 Å². The summed E-state index contributed by atoms with van der Waals surface area (Å²) in [5.41, 5.74) is 0.511. The molecule has 0 unspecified atom stereocenters. The van der Waals surface area contributed by atoms with E-state index in [0.717, 1.165) is 0 Å². The van der Waals surface area contributed by atoms with Gasteiger partial charge in [-0.3, -0.25) is 4.79 Å². The molecule has 0 aliphatic rings. The Morgan fingerprint density at radius 1 is 1.46 bits per heavy atom. The maximum atomic E-state index is 10.2. The second-order valence-corrected chi connectivity index (χ2v) is 2.39. The zero-order valence-corrected chi connectivity index (χ0v) is 7.23. The van der Waals surface area contributed by atoms with Crippen LogP contribution in [-0.2, 0) is 9.53 Å². The summed E-state index contributed by atoms with van der Waals surface area (Å²) in [6, 6.07) is 6.67. The number of para-hydroxylation sites is 1. The number of methoxy groups -OCH3 is 1. The predicted octanol–water partition coefficient (Wildman–Crippen LogP) is 1.58. The van der Waals surface area contributed by atoms with Gasteiger partial charge in [-0.2, -0.15) is 0 Å². The lowest BCUT2D eigenvalue weighted by molar-refractivity contribution is -0.104. The van der Waals surface area contributed by atoms with Crippen LogP contribution in [0.15, 0.2) is 30.3 Å². The van der Waals surface area contributed by atoms with Gasteiger partial charge in [0.05, 0.1) is 12.7 Å². The molecule has 13 heavy (non-hydrogen) atoms. The van der Waals surface area contributed by atoms with Gasteiger partial charge in [-0.1, -0.05) is 12.1 Å². The van der Waals surface area contributed by atoms with Crippen LogP contribution < -0.4 is 0 Å². The van der Waals surface area contributed by atoms with Crippen LogP contribution in [0.25, 0.3) is 5.76 Å². The van der Waals surface area contributed by atoms with Crippen LogP contribution in [0.3, 0.4) is 0 Å². The van der Waals surface area contributed by atoms with E-state index in [1.165, 1.54) is 19.3 Å². The van der Waals surface area contributed by atoms with E-state index in [4.69, 9.17) is 4.74 Å². The van der Waals surface area contributed by atoms with Crippen LogP contribution in [0, 0.1) is 0 Å². The highest BCUT2D eigenvalue weighted by Crippen LogP contribution is 2.24. The van der Waals surface area contributed by atoms with E-state index in [9.17, 15) is 9.90 Å².